The molecule has 0 aliphatic heterocycles. The van der Waals surface area contributed by atoms with Crippen LogP contribution in [0.2, 0.25) is 5.02 Å². The minimum Gasteiger partial charge on any atom is -0.394 e. The Kier molecular flexibility index (Phi) is 6.40. The van der Waals surface area contributed by atoms with Gasteiger partial charge in [0.2, 0.25) is 5.91 Å². The SMILES string of the molecule is CC(C(=O)Nc1cccc2c(=O)n([C@@H](CO)C(C)C)ccc12)c1ccc(Cl)cc1. The van der Waals surface area contributed by atoms with Crippen LogP contribution in [0.25, 0.3) is 10.8 Å². The van der Waals surface area contributed by atoms with Crippen molar-refractivity contribution in [2.75, 3.05) is 11.9 Å². The van der Waals surface area contributed by atoms with E-state index in [0.717, 1.165) is 5.56 Å². The molecule has 152 valence electrons. The first kappa shape index (κ1) is 21.1. The molecule has 6 heteroatoms. The summed E-state index contributed by atoms with van der Waals surface area (Å²) in [7, 11) is 0. The molecule has 0 aliphatic rings. The maximum Gasteiger partial charge on any atom is 0.258 e. The van der Waals surface area contributed by atoms with Gasteiger partial charge in [0, 0.05) is 27.7 Å². The third kappa shape index (κ3) is 4.36. The monoisotopic (exact) mass is 412 g/mol. The Morgan fingerprint density at radius 1 is 1.07 bits per heavy atom. The number of aliphatic hydroxyl groups excluding tert-OH is 1. The number of fused-ring (bicyclic) bond motifs is 1. The van der Waals surface area contributed by atoms with Crippen LogP contribution in [0, 0.1) is 5.92 Å². The lowest BCUT2D eigenvalue weighted by molar-refractivity contribution is -0.117. The van der Waals surface area contributed by atoms with Crippen LogP contribution in [0.1, 0.15) is 38.3 Å². The van der Waals surface area contributed by atoms with Gasteiger partial charge in [0.05, 0.1) is 18.6 Å². The number of anilines is 1. The molecule has 0 saturated heterocycles. The van der Waals surface area contributed by atoms with Crippen LogP contribution in [-0.4, -0.2) is 22.2 Å². The van der Waals surface area contributed by atoms with Crippen LogP contribution in [-0.2, 0) is 4.79 Å². The highest BCUT2D eigenvalue weighted by atomic mass is 35.5. The average Bonchev–Trinajstić information content (AvgIpc) is 2.70. The van der Waals surface area contributed by atoms with Crippen molar-refractivity contribution in [3.05, 3.63) is 75.7 Å². The lowest BCUT2D eigenvalue weighted by Crippen LogP contribution is -2.30. The number of carbonyl (C=O) groups excluding carboxylic acids is 1. The van der Waals surface area contributed by atoms with Crippen LogP contribution in [0.4, 0.5) is 5.69 Å². The van der Waals surface area contributed by atoms with E-state index >= 15 is 0 Å². The Morgan fingerprint density at radius 2 is 1.76 bits per heavy atom. The van der Waals surface area contributed by atoms with Crippen molar-refractivity contribution in [3.63, 3.8) is 0 Å². The van der Waals surface area contributed by atoms with Crippen molar-refractivity contribution in [3.8, 4) is 0 Å². The smallest absolute Gasteiger partial charge is 0.258 e. The summed E-state index contributed by atoms with van der Waals surface area (Å²) in [6.07, 6.45) is 1.68. The highest BCUT2D eigenvalue weighted by molar-refractivity contribution is 6.30. The summed E-state index contributed by atoms with van der Waals surface area (Å²) >= 11 is 5.92. The second kappa shape index (κ2) is 8.80. The summed E-state index contributed by atoms with van der Waals surface area (Å²) in [5.74, 6) is -0.430. The third-order valence-electron chi connectivity index (χ3n) is 5.31. The molecule has 3 rings (SSSR count). The summed E-state index contributed by atoms with van der Waals surface area (Å²) in [5, 5.41) is 14.4. The number of halogens is 1. The fourth-order valence-electron chi connectivity index (χ4n) is 3.43. The second-order valence-electron chi connectivity index (χ2n) is 7.55. The molecule has 0 radical (unpaired) electrons. The predicted octanol–water partition coefficient (Wildman–Crippen LogP) is 4.59. The van der Waals surface area contributed by atoms with Gasteiger partial charge in [0.15, 0.2) is 0 Å². The van der Waals surface area contributed by atoms with E-state index in [1.807, 2.05) is 39.0 Å². The molecule has 3 aromatic rings. The van der Waals surface area contributed by atoms with Gasteiger partial charge in [-0.2, -0.15) is 0 Å². The minimum atomic E-state index is -0.373. The predicted molar refractivity (Wildman–Crippen MR) is 118 cm³/mol. The van der Waals surface area contributed by atoms with E-state index in [1.54, 1.807) is 41.1 Å². The maximum absolute atomic E-state index is 13.0. The third-order valence-corrected chi connectivity index (χ3v) is 5.56. The van der Waals surface area contributed by atoms with Crippen molar-refractivity contribution in [2.45, 2.75) is 32.7 Å². The van der Waals surface area contributed by atoms with Crippen molar-refractivity contribution in [2.24, 2.45) is 5.92 Å². The lowest BCUT2D eigenvalue weighted by Gasteiger charge is -2.22. The van der Waals surface area contributed by atoms with E-state index in [1.165, 1.54) is 0 Å². The maximum atomic E-state index is 13.0. The molecular weight excluding hydrogens is 388 g/mol. The van der Waals surface area contributed by atoms with Crippen LogP contribution >= 0.6 is 11.6 Å². The molecule has 0 saturated carbocycles. The molecule has 1 unspecified atom stereocenters. The number of aliphatic hydroxyl groups is 1. The quantitative estimate of drug-likeness (QED) is 0.622. The van der Waals surface area contributed by atoms with Crippen LogP contribution in [0.3, 0.4) is 0 Å². The number of nitrogens with zero attached hydrogens (tertiary/aromatic N) is 1. The molecule has 5 nitrogen and oxygen atoms in total. The first-order valence-corrected chi connectivity index (χ1v) is 10.0. The molecule has 1 aromatic heterocycles. The summed E-state index contributed by atoms with van der Waals surface area (Å²) in [6, 6.07) is 14.0. The molecule has 1 amide bonds. The Hall–Kier alpha value is -2.63. The van der Waals surface area contributed by atoms with Crippen molar-refractivity contribution in [1.82, 2.24) is 4.57 Å². The summed E-state index contributed by atoms with van der Waals surface area (Å²) in [6.45, 7) is 5.64. The highest BCUT2D eigenvalue weighted by Crippen LogP contribution is 2.25. The van der Waals surface area contributed by atoms with Crippen molar-refractivity contribution in [1.29, 1.82) is 0 Å². The molecule has 0 aliphatic carbocycles. The van der Waals surface area contributed by atoms with Gasteiger partial charge < -0.3 is 15.0 Å². The number of nitrogens with one attached hydrogen (secondary N) is 1. The van der Waals surface area contributed by atoms with Gasteiger partial charge in [-0.15, -0.1) is 0 Å². The summed E-state index contributed by atoms with van der Waals surface area (Å²) in [5.41, 5.74) is 1.26. The van der Waals surface area contributed by atoms with E-state index in [9.17, 15) is 14.7 Å². The minimum absolute atomic E-state index is 0.110. The fourth-order valence-corrected chi connectivity index (χ4v) is 3.55. The van der Waals surface area contributed by atoms with E-state index < -0.39 is 0 Å². The van der Waals surface area contributed by atoms with Crippen LogP contribution in [0.5, 0.6) is 0 Å². The van der Waals surface area contributed by atoms with Gasteiger partial charge in [0.25, 0.3) is 5.56 Å². The molecular formula is C23H25ClN2O3. The number of hydrogen-bond donors (Lipinski definition) is 2. The topological polar surface area (TPSA) is 71.3 Å². The van der Waals surface area contributed by atoms with E-state index in [2.05, 4.69) is 5.32 Å². The number of hydrogen-bond acceptors (Lipinski definition) is 3. The molecule has 1 heterocycles. The van der Waals surface area contributed by atoms with E-state index in [0.29, 0.717) is 21.5 Å². The number of benzene rings is 2. The van der Waals surface area contributed by atoms with Crippen molar-refractivity contribution >= 4 is 34.0 Å². The standard InChI is InChI=1S/C23H25ClN2O3/c1-14(2)21(13-27)26-12-11-18-19(23(26)29)5-4-6-20(18)25-22(28)15(3)16-7-9-17(24)10-8-16/h4-12,14-15,21,27H,13H2,1-3H3,(H,25,28)/t15?,21-/m0/s1. The number of pyridine rings is 1. The van der Waals surface area contributed by atoms with Gasteiger partial charge in [-0.3, -0.25) is 9.59 Å². The van der Waals surface area contributed by atoms with Gasteiger partial charge in [-0.05, 0) is 48.7 Å². The van der Waals surface area contributed by atoms with Crippen LogP contribution < -0.4 is 10.9 Å². The zero-order valence-corrected chi connectivity index (χ0v) is 17.5. The summed E-state index contributed by atoms with van der Waals surface area (Å²) in [4.78, 5) is 25.8. The van der Waals surface area contributed by atoms with Crippen molar-refractivity contribution < 1.29 is 9.90 Å². The normalized spacial score (nSPS) is 13.4. The van der Waals surface area contributed by atoms with E-state index in [-0.39, 0.29) is 36.0 Å². The number of amides is 1. The average molecular weight is 413 g/mol. The number of carbonyl (C=O) groups is 1. The molecule has 2 atom stereocenters. The molecule has 0 bridgehead atoms. The second-order valence-corrected chi connectivity index (χ2v) is 7.99. The molecule has 0 spiro atoms. The highest BCUT2D eigenvalue weighted by Gasteiger charge is 2.19. The molecule has 0 fully saturated rings. The Balaban J connectivity index is 1.94. The molecule has 2 N–H and O–H groups in total. The lowest BCUT2D eigenvalue weighted by atomic mass is 10.00. The zero-order valence-electron chi connectivity index (χ0n) is 16.7. The Labute approximate surface area is 174 Å². The molecule has 29 heavy (non-hydrogen) atoms. The largest absolute Gasteiger partial charge is 0.394 e. The van der Waals surface area contributed by atoms with Gasteiger partial charge in [-0.1, -0.05) is 43.6 Å². The zero-order chi connectivity index (χ0) is 21.1. The van der Waals surface area contributed by atoms with Gasteiger partial charge in [-0.25, -0.2) is 0 Å². The summed E-state index contributed by atoms with van der Waals surface area (Å²) < 4.78 is 1.56. The van der Waals surface area contributed by atoms with Crippen LogP contribution in [0.15, 0.2) is 59.5 Å². The first-order chi connectivity index (χ1) is 13.8. The number of aromatic nitrogens is 1. The first-order valence-electron chi connectivity index (χ1n) is 9.64. The fraction of sp³-hybridized carbons (Fsp3) is 0.304. The Bertz CT molecular complexity index is 1070. The molecule has 2 aromatic carbocycles. The Morgan fingerprint density at radius 3 is 2.38 bits per heavy atom. The van der Waals surface area contributed by atoms with Gasteiger partial charge in [0.1, 0.15) is 0 Å². The van der Waals surface area contributed by atoms with E-state index in [4.69, 9.17) is 11.6 Å². The van der Waals surface area contributed by atoms with Gasteiger partial charge >= 0.3 is 0 Å². The number of rotatable bonds is 6.